The molecule has 1 aliphatic heterocycles. The SMILES string of the molecule is O=C(Nc1cccnc1)C1CCCN1C(=O)OCc1ccccc1. The highest BCUT2D eigenvalue weighted by Gasteiger charge is 2.35. The Balaban J connectivity index is 1.58. The molecular weight excluding hydrogens is 306 g/mol. The average molecular weight is 325 g/mol. The molecule has 0 spiro atoms. The van der Waals surface area contributed by atoms with Gasteiger partial charge >= 0.3 is 6.09 Å². The number of benzene rings is 1. The first kappa shape index (κ1) is 16.0. The summed E-state index contributed by atoms with van der Waals surface area (Å²) in [5.74, 6) is -0.211. The zero-order chi connectivity index (χ0) is 16.8. The standard InChI is InChI=1S/C18H19N3O3/c22-17(20-15-8-4-10-19-12-15)16-9-5-11-21(16)18(23)24-13-14-6-2-1-3-7-14/h1-4,6-8,10,12,16H,5,9,11,13H2,(H,20,22). The lowest BCUT2D eigenvalue weighted by Crippen LogP contribution is -2.43. The first-order valence-corrected chi connectivity index (χ1v) is 7.92. The maximum absolute atomic E-state index is 12.4. The second-order valence-electron chi connectivity index (χ2n) is 5.62. The van der Waals surface area contributed by atoms with Gasteiger partial charge < -0.3 is 10.1 Å². The van der Waals surface area contributed by atoms with Gasteiger partial charge in [0.1, 0.15) is 12.6 Å². The third-order valence-electron chi connectivity index (χ3n) is 3.92. The van der Waals surface area contributed by atoms with Crippen LogP contribution < -0.4 is 5.32 Å². The number of carbonyl (C=O) groups excluding carboxylic acids is 2. The van der Waals surface area contributed by atoms with Gasteiger partial charge in [-0.05, 0) is 30.5 Å². The highest BCUT2D eigenvalue weighted by Crippen LogP contribution is 2.20. The van der Waals surface area contributed by atoms with Crippen LogP contribution in [0.1, 0.15) is 18.4 Å². The first-order valence-electron chi connectivity index (χ1n) is 7.92. The fourth-order valence-corrected chi connectivity index (χ4v) is 2.72. The van der Waals surface area contributed by atoms with Crippen molar-refractivity contribution in [2.24, 2.45) is 0 Å². The fraction of sp³-hybridized carbons (Fsp3) is 0.278. The van der Waals surface area contributed by atoms with Crippen molar-refractivity contribution in [2.75, 3.05) is 11.9 Å². The maximum Gasteiger partial charge on any atom is 0.410 e. The summed E-state index contributed by atoms with van der Waals surface area (Å²) in [5, 5.41) is 2.79. The molecular formula is C18H19N3O3. The topological polar surface area (TPSA) is 71.5 Å². The van der Waals surface area contributed by atoms with Gasteiger partial charge in [-0.2, -0.15) is 0 Å². The van der Waals surface area contributed by atoms with E-state index in [1.54, 1.807) is 24.5 Å². The largest absolute Gasteiger partial charge is 0.445 e. The summed E-state index contributed by atoms with van der Waals surface area (Å²) in [6.45, 7) is 0.728. The quantitative estimate of drug-likeness (QED) is 0.938. The van der Waals surface area contributed by atoms with Crippen LogP contribution in [0, 0.1) is 0 Å². The molecule has 1 saturated heterocycles. The minimum absolute atomic E-state index is 0.202. The van der Waals surface area contributed by atoms with Crippen LogP contribution in [0.4, 0.5) is 10.5 Å². The molecule has 2 aromatic rings. The van der Waals surface area contributed by atoms with E-state index in [0.29, 0.717) is 18.7 Å². The summed E-state index contributed by atoms with van der Waals surface area (Å²) >= 11 is 0. The Morgan fingerprint density at radius 2 is 2.04 bits per heavy atom. The van der Waals surface area contributed by atoms with Gasteiger partial charge in [-0.15, -0.1) is 0 Å². The van der Waals surface area contributed by atoms with Crippen LogP contribution in [0.15, 0.2) is 54.9 Å². The second-order valence-corrected chi connectivity index (χ2v) is 5.62. The fourth-order valence-electron chi connectivity index (χ4n) is 2.72. The van der Waals surface area contributed by atoms with E-state index in [0.717, 1.165) is 12.0 Å². The molecule has 0 saturated carbocycles. The highest BCUT2D eigenvalue weighted by molar-refractivity contribution is 5.96. The first-order chi connectivity index (χ1) is 11.7. The molecule has 1 unspecified atom stereocenters. The summed E-state index contributed by atoms with van der Waals surface area (Å²) < 4.78 is 5.34. The molecule has 1 atom stereocenters. The summed E-state index contributed by atoms with van der Waals surface area (Å²) in [5.41, 5.74) is 1.54. The van der Waals surface area contributed by atoms with Gasteiger partial charge in [0.25, 0.3) is 0 Å². The molecule has 2 amide bonds. The van der Waals surface area contributed by atoms with Crippen LogP contribution in [0.3, 0.4) is 0 Å². The number of ether oxygens (including phenoxy) is 1. The Labute approximate surface area is 140 Å². The Morgan fingerprint density at radius 1 is 1.21 bits per heavy atom. The predicted octanol–water partition coefficient (Wildman–Crippen LogP) is 2.82. The smallest absolute Gasteiger partial charge is 0.410 e. The molecule has 0 radical (unpaired) electrons. The van der Waals surface area contributed by atoms with Crippen LogP contribution in [0.5, 0.6) is 0 Å². The Morgan fingerprint density at radius 3 is 2.79 bits per heavy atom. The minimum atomic E-state index is -0.506. The number of hydrogen-bond acceptors (Lipinski definition) is 4. The number of aromatic nitrogens is 1. The molecule has 124 valence electrons. The van der Waals surface area contributed by atoms with E-state index in [1.807, 2.05) is 30.3 Å². The Hall–Kier alpha value is -2.89. The van der Waals surface area contributed by atoms with Crippen LogP contribution in [-0.4, -0.2) is 34.5 Å². The van der Waals surface area contributed by atoms with Gasteiger partial charge in [-0.3, -0.25) is 14.7 Å². The van der Waals surface area contributed by atoms with Crippen LogP contribution in [0.25, 0.3) is 0 Å². The molecule has 1 aromatic heterocycles. The zero-order valence-corrected chi connectivity index (χ0v) is 13.2. The predicted molar refractivity (Wildman–Crippen MR) is 89.2 cm³/mol. The van der Waals surface area contributed by atoms with Gasteiger partial charge in [-0.25, -0.2) is 4.79 Å². The van der Waals surface area contributed by atoms with E-state index < -0.39 is 12.1 Å². The summed E-state index contributed by atoms with van der Waals surface area (Å²) in [6.07, 6.45) is 4.17. The molecule has 0 aliphatic carbocycles. The number of pyridine rings is 1. The molecule has 1 N–H and O–H groups in total. The van der Waals surface area contributed by atoms with E-state index in [1.165, 1.54) is 4.90 Å². The summed E-state index contributed by atoms with van der Waals surface area (Å²) in [7, 11) is 0. The molecule has 6 nitrogen and oxygen atoms in total. The number of anilines is 1. The van der Waals surface area contributed by atoms with Crippen molar-refractivity contribution in [3.63, 3.8) is 0 Å². The van der Waals surface area contributed by atoms with Crippen LogP contribution >= 0.6 is 0 Å². The van der Waals surface area contributed by atoms with E-state index in [-0.39, 0.29) is 12.5 Å². The number of carbonyl (C=O) groups is 2. The molecule has 24 heavy (non-hydrogen) atoms. The van der Waals surface area contributed by atoms with Gasteiger partial charge in [-0.1, -0.05) is 30.3 Å². The van der Waals surface area contributed by atoms with E-state index in [9.17, 15) is 9.59 Å². The number of nitrogens with one attached hydrogen (secondary N) is 1. The third-order valence-corrected chi connectivity index (χ3v) is 3.92. The second kappa shape index (κ2) is 7.59. The average Bonchev–Trinajstić information content (AvgIpc) is 3.11. The normalized spacial score (nSPS) is 16.7. The van der Waals surface area contributed by atoms with Crippen LogP contribution in [-0.2, 0) is 16.1 Å². The zero-order valence-electron chi connectivity index (χ0n) is 13.2. The number of hydrogen-bond donors (Lipinski definition) is 1. The number of amides is 2. The molecule has 0 bridgehead atoms. The molecule has 6 heteroatoms. The van der Waals surface area contributed by atoms with E-state index in [2.05, 4.69) is 10.3 Å². The Bertz CT molecular complexity index is 691. The van der Waals surface area contributed by atoms with E-state index >= 15 is 0 Å². The lowest BCUT2D eigenvalue weighted by atomic mass is 10.2. The lowest BCUT2D eigenvalue weighted by molar-refractivity contribution is -0.120. The summed E-state index contributed by atoms with van der Waals surface area (Å²) in [4.78, 5) is 30.2. The maximum atomic E-state index is 12.4. The lowest BCUT2D eigenvalue weighted by Gasteiger charge is -2.23. The summed E-state index contributed by atoms with van der Waals surface area (Å²) in [6, 6.07) is 12.5. The van der Waals surface area contributed by atoms with Crippen molar-refractivity contribution in [1.82, 2.24) is 9.88 Å². The Kier molecular flexibility index (Phi) is 5.05. The molecule has 1 fully saturated rings. The highest BCUT2D eigenvalue weighted by atomic mass is 16.6. The van der Waals surface area contributed by atoms with Crippen molar-refractivity contribution in [3.05, 3.63) is 60.4 Å². The monoisotopic (exact) mass is 325 g/mol. The van der Waals surface area contributed by atoms with E-state index in [4.69, 9.17) is 4.74 Å². The number of nitrogens with zero attached hydrogens (tertiary/aromatic N) is 2. The van der Waals surface area contributed by atoms with Gasteiger partial charge in [0.2, 0.25) is 5.91 Å². The molecule has 3 rings (SSSR count). The third kappa shape index (κ3) is 3.90. The van der Waals surface area contributed by atoms with Crippen molar-refractivity contribution >= 4 is 17.7 Å². The van der Waals surface area contributed by atoms with Crippen LogP contribution in [0.2, 0.25) is 0 Å². The number of rotatable bonds is 4. The van der Waals surface area contributed by atoms with Gasteiger partial charge in [0.15, 0.2) is 0 Å². The van der Waals surface area contributed by atoms with Gasteiger partial charge in [0.05, 0.1) is 11.9 Å². The minimum Gasteiger partial charge on any atom is -0.445 e. The van der Waals surface area contributed by atoms with Crippen molar-refractivity contribution in [2.45, 2.75) is 25.5 Å². The van der Waals surface area contributed by atoms with Crippen molar-refractivity contribution in [1.29, 1.82) is 0 Å². The van der Waals surface area contributed by atoms with Gasteiger partial charge in [0, 0.05) is 12.7 Å². The van der Waals surface area contributed by atoms with Crippen molar-refractivity contribution < 1.29 is 14.3 Å². The molecule has 2 heterocycles. The molecule has 1 aromatic carbocycles. The van der Waals surface area contributed by atoms with Crippen molar-refractivity contribution in [3.8, 4) is 0 Å². The number of likely N-dealkylation sites (tertiary alicyclic amines) is 1. The molecule has 1 aliphatic rings.